The summed E-state index contributed by atoms with van der Waals surface area (Å²) in [6, 6.07) is 10.0. The fourth-order valence-corrected chi connectivity index (χ4v) is 2.53. The Labute approximate surface area is 152 Å². The minimum absolute atomic E-state index is 0.416. The number of hydrogen-bond donors (Lipinski definition) is 2. The summed E-state index contributed by atoms with van der Waals surface area (Å²) in [5, 5.41) is 8.00. The zero-order valence-corrected chi connectivity index (χ0v) is 14.9. The lowest BCUT2D eigenvalue weighted by molar-refractivity contribution is 1.04. The Kier molecular flexibility index (Phi) is 3.81. The number of aromatic nitrogens is 5. The predicted octanol–water partition coefficient (Wildman–Crippen LogP) is 3.53. The van der Waals surface area contributed by atoms with Crippen molar-refractivity contribution in [2.75, 3.05) is 17.7 Å². The number of benzene rings is 1. The van der Waals surface area contributed by atoms with E-state index in [0.717, 1.165) is 16.6 Å². The smallest absolute Gasteiger partial charge is 0.231 e. The number of anilines is 3. The van der Waals surface area contributed by atoms with E-state index < -0.39 is 0 Å². The van der Waals surface area contributed by atoms with Crippen molar-refractivity contribution in [3.8, 4) is 11.3 Å². The van der Waals surface area contributed by atoms with E-state index in [1.807, 2.05) is 42.4 Å². The Morgan fingerprint density at radius 1 is 1.12 bits per heavy atom. The third-order valence-electron chi connectivity index (χ3n) is 3.84. The molecule has 0 saturated heterocycles. The Morgan fingerprint density at radius 2 is 2.00 bits per heavy atom. The van der Waals surface area contributed by atoms with E-state index in [0.29, 0.717) is 16.2 Å². The largest absolute Gasteiger partial charge is 0.383 e. The van der Waals surface area contributed by atoms with Crippen LogP contribution in [0.25, 0.3) is 22.2 Å². The van der Waals surface area contributed by atoms with Crippen molar-refractivity contribution in [2.24, 2.45) is 0 Å². The third kappa shape index (κ3) is 3.16. The van der Waals surface area contributed by atoms with Crippen molar-refractivity contribution in [1.29, 1.82) is 0 Å². The highest BCUT2D eigenvalue weighted by molar-refractivity contribution is 9.10. The summed E-state index contributed by atoms with van der Waals surface area (Å²) in [5.41, 5.74) is 10.2. The zero-order chi connectivity index (χ0) is 17.4. The van der Waals surface area contributed by atoms with Gasteiger partial charge < -0.3 is 10.6 Å². The van der Waals surface area contributed by atoms with Gasteiger partial charge in [0.15, 0.2) is 0 Å². The normalized spacial score (nSPS) is 11.0. The van der Waals surface area contributed by atoms with Crippen LogP contribution in [0, 0.1) is 0 Å². The van der Waals surface area contributed by atoms with Gasteiger partial charge in [0.2, 0.25) is 5.95 Å². The van der Waals surface area contributed by atoms with Crippen LogP contribution in [0.5, 0.6) is 0 Å². The van der Waals surface area contributed by atoms with Gasteiger partial charge in [-0.3, -0.25) is 10.1 Å². The summed E-state index contributed by atoms with van der Waals surface area (Å²) in [5.74, 6) is 0.957. The third-order valence-corrected chi connectivity index (χ3v) is 4.45. The summed E-state index contributed by atoms with van der Waals surface area (Å²) >= 11 is 3.28. The fourth-order valence-electron chi connectivity index (χ4n) is 2.34. The molecule has 0 atom stereocenters. The summed E-state index contributed by atoms with van der Waals surface area (Å²) in [6.07, 6.45) is 5.25. The van der Waals surface area contributed by atoms with Gasteiger partial charge in [0.1, 0.15) is 5.82 Å². The van der Waals surface area contributed by atoms with Crippen molar-refractivity contribution in [2.45, 2.75) is 0 Å². The number of H-pyrrole nitrogens is 1. The molecule has 7 nitrogen and oxygen atoms in total. The van der Waals surface area contributed by atoms with Gasteiger partial charge in [-0.1, -0.05) is 0 Å². The van der Waals surface area contributed by atoms with Crippen LogP contribution >= 0.6 is 15.9 Å². The molecule has 0 radical (unpaired) electrons. The van der Waals surface area contributed by atoms with Crippen LogP contribution in [0.3, 0.4) is 0 Å². The number of halogens is 1. The molecule has 1 aromatic carbocycles. The van der Waals surface area contributed by atoms with Crippen molar-refractivity contribution >= 4 is 44.3 Å². The molecule has 0 bridgehead atoms. The number of aromatic amines is 1. The molecule has 0 saturated carbocycles. The molecule has 0 amide bonds. The number of nitrogens with one attached hydrogen (secondary N) is 1. The first-order chi connectivity index (χ1) is 12.1. The van der Waals surface area contributed by atoms with Gasteiger partial charge in [-0.25, -0.2) is 4.98 Å². The Bertz CT molecular complexity index is 1040. The standard InChI is InChI=1S/C12H11BrN6.C5H3N/c1-19(12-15-6-9(13)11(14)17-12)8-3-2-7-5-16-18-10(7)4-8;1-2-6-5-3-4(1)5/h2-6H,1H3,(H,16,18)(H2,14,15,17);1-3H. The molecule has 1 aliphatic carbocycles. The summed E-state index contributed by atoms with van der Waals surface area (Å²) in [4.78, 5) is 14.3. The van der Waals surface area contributed by atoms with Crippen LogP contribution in [0.4, 0.5) is 17.5 Å². The Hall–Kier alpha value is -3.00. The molecule has 3 aromatic rings. The molecular formula is C17H14BrN7. The van der Waals surface area contributed by atoms with Crippen molar-refractivity contribution in [3.63, 3.8) is 0 Å². The zero-order valence-electron chi connectivity index (χ0n) is 13.3. The van der Waals surface area contributed by atoms with Gasteiger partial charge in [-0.15, -0.1) is 0 Å². The van der Waals surface area contributed by atoms with E-state index in [-0.39, 0.29) is 0 Å². The average molecular weight is 396 g/mol. The van der Waals surface area contributed by atoms with E-state index in [9.17, 15) is 0 Å². The highest BCUT2D eigenvalue weighted by Gasteiger charge is 2.10. The summed E-state index contributed by atoms with van der Waals surface area (Å²) in [7, 11) is 1.89. The first-order valence-corrected chi connectivity index (χ1v) is 8.32. The number of rotatable bonds is 2. The monoisotopic (exact) mass is 395 g/mol. The second kappa shape index (κ2) is 6.14. The van der Waals surface area contributed by atoms with Crippen molar-refractivity contribution in [1.82, 2.24) is 25.1 Å². The molecule has 3 heterocycles. The molecule has 5 rings (SSSR count). The van der Waals surface area contributed by atoms with Crippen molar-refractivity contribution in [3.05, 3.63) is 53.4 Å². The Balaban J connectivity index is 0.000000217. The first-order valence-electron chi connectivity index (χ1n) is 7.53. The molecule has 0 unspecified atom stereocenters. The van der Waals surface area contributed by atoms with Crippen LogP contribution in [0.15, 0.2) is 53.4 Å². The lowest BCUT2D eigenvalue weighted by Gasteiger charge is -2.17. The molecule has 8 heteroatoms. The number of fused-ring (bicyclic) bond motifs is 2. The van der Waals surface area contributed by atoms with Gasteiger partial charge in [0.05, 0.1) is 21.9 Å². The van der Waals surface area contributed by atoms with Gasteiger partial charge in [0.25, 0.3) is 0 Å². The fraction of sp³-hybridized carbons (Fsp3) is 0.0588. The van der Waals surface area contributed by atoms with Crippen molar-refractivity contribution < 1.29 is 0 Å². The molecule has 124 valence electrons. The maximum Gasteiger partial charge on any atom is 0.231 e. The minimum Gasteiger partial charge on any atom is -0.383 e. The maximum atomic E-state index is 5.77. The van der Waals surface area contributed by atoms with Crippen LogP contribution in [-0.2, 0) is 0 Å². The molecule has 0 spiro atoms. The lowest BCUT2D eigenvalue weighted by atomic mass is 10.2. The second-order valence-corrected chi connectivity index (χ2v) is 6.39. The highest BCUT2D eigenvalue weighted by Crippen LogP contribution is 2.29. The summed E-state index contributed by atoms with van der Waals surface area (Å²) < 4.78 is 0.689. The van der Waals surface area contributed by atoms with Gasteiger partial charge >= 0.3 is 0 Å². The minimum atomic E-state index is 0.416. The van der Waals surface area contributed by atoms with E-state index in [4.69, 9.17) is 5.73 Å². The molecule has 1 aliphatic heterocycles. The lowest BCUT2D eigenvalue weighted by Crippen LogP contribution is -2.13. The molecular weight excluding hydrogens is 382 g/mol. The van der Waals surface area contributed by atoms with Gasteiger partial charge in [-0.05, 0) is 46.3 Å². The maximum absolute atomic E-state index is 5.77. The number of nitrogens with two attached hydrogens (primary N) is 1. The van der Waals surface area contributed by atoms with E-state index in [1.54, 1.807) is 12.4 Å². The number of nitrogens with zero attached hydrogens (tertiary/aromatic N) is 5. The molecule has 2 aliphatic rings. The first kappa shape index (κ1) is 15.5. The van der Waals surface area contributed by atoms with E-state index >= 15 is 0 Å². The van der Waals surface area contributed by atoms with E-state index in [1.165, 1.54) is 11.3 Å². The average Bonchev–Trinajstić information content (AvgIpc) is 3.02. The number of pyridine rings is 1. The Morgan fingerprint density at radius 3 is 2.64 bits per heavy atom. The van der Waals surface area contributed by atoms with Crippen LogP contribution in [0.2, 0.25) is 0 Å². The summed E-state index contributed by atoms with van der Waals surface area (Å²) in [6.45, 7) is 0. The molecule has 2 aromatic heterocycles. The second-order valence-electron chi connectivity index (χ2n) is 5.53. The quantitative estimate of drug-likeness (QED) is 0.474. The molecule has 25 heavy (non-hydrogen) atoms. The topological polar surface area (TPSA) is 96.6 Å². The van der Waals surface area contributed by atoms with Crippen LogP contribution in [0.1, 0.15) is 0 Å². The highest BCUT2D eigenvalue weighted by atomic mass is 79.9. The van der Waals surface area contributed by atoms with Gasteiger partial charge in [0, 0.05) is 36.1 Å². The van der Waals surface area contributed by atoms with Crippen LogP contribution in [-0.4, -0.2) is 32.2 Å². The SMILES string of the molecule is CN(c1ccc2cn[nH]c2c1)c1ncc(Br)c(N)n1.c1cc2cc-2n1. The predicted molar refractivity (Wildman–Crippen MR) is 102 cm³/mol. The molecule has 3 N–H and O–H groups in total. The number of nitrogen functional groups attached to an aromatic ring is 1. The van der Waals surface area contributed by atoms with Gasteiger partial charge in [-0.2, -0.15) is 10.1 Å². The van der Waals surface area contributed by atoms with E-state index in [2.05, 4.69) is 47.1 Å². The number of hydrogen-bond acceptors (Lipinski definition) is 6. The molecule has 0 fully saturated rings. The van der Waals surface area contributed by atoms with Crippen LogP contribution < -0.4 is 10.6 Å².